The molecule has 5 aromatic rings. The number of carbonyl (C=O) groups is 2. The molecule has 0 saturated carbocycles. The lowest BCUT2D eigenvalue weighted by atomic mass is 9.84. The smallest absolute Gasteiger partial charge is 0.292 e. The van der Waals surface area contributed by atoms with Gasteiger partial charge in [0.05, 0.1) is 0 Å². The van der Waals surface area contributed by atoms with Crippen molar-refractivity contribution in [1.82, 2.24) is 19.7 Å². The van der Waals surface area contributed by atoms with Crippen molar-refractivity contribution in [1.29, 1.82) is 0 Å². The van der Waals surface area contributed by atoms with E-state index in [0.717, 1.165) is 18.5 Å². The maximum atomic E-state index is 14.4. The fourth-order valence-electron chi connectivity index (χ4n) is 5.89. The topological polar surface area (TPSA) is 89.3 Å². The van der Waals surface area contributed by atoms with E-state index in [1.807, 2.05) is 53.4 Å². The number of benzene rings is 4. The highest BCUT2D eigenvalue weighted by atomic mass is 16.5. The molecule has 1 atom stereocenters. The van der Waals surface area contributed by atoms with Gasteiger partial charge in [-0.15, -0.1) is 10.2 Å². The molecule has 216 valence electrons. The van der Waals surface area contributed by atoms with E-state index in [4.69, 9.17) is 4.74 Å². The Hall–Kier alpha value is -5.24. The molecule has 1 saturated heterocycles. The third kappa shape index (κ3) is 6.18. The Morgan fingerprint density at radius 3 is 2.16 bits per heavy atom. The Morgan fingerprint density at radius 1 is 0.860 bits per heavy atom. The van der Waals surface area contributed by atoms with Crippen molar-refractivity contribution in [3.05, 3.63) is 138 Å². The first-order valence-electron chi connectivity index (χ1n) is 14.5. The van der Waals surface area contributed by atoms with Gasteiger partial charge < -0.3 is 15.0 Å². The van der Waals surface area contributed by atoms with Crippen LogP contribution in [0.25, 0.3) is 5.69 Å². The highest BCUT2D eigenvalue weighted by Crippen LogP contribution is 2.37. The monoisotopic (exact) mass is 571 g/mol. The van der Waals surface area contributed by atoms with E-state index in [-0.39, 0.29) is 36.2 Å². The van der Waals surface area contributed by atoms with E-state index in [1.165, 1.54) is 18.1 Å². The number of para-hydroxylation sites is 1. The molecule has 0 spiro atoms. The average molecular weight is 572 g/mol. The summed E-state index contributed by atoms with van der Waals surface area (Å²) in [5, 5.41) is 11.6. The molecule has 2 heterocycles. The number of rotatable bonds is 9. The molecule has 1 aromatic heterocycles. The van der Waals surface area contributed by atoms with Crippen molar-refractivity contribution in [3.8, 4) is 11.4 Å². The van der Waals surface area contributed by atoms with Crippen molar-refractivity contribution in [2.75, 3.05) is 11.9 Å². The van der Waals surface area contributed by atoms with Crippen LogP contribution >= 0.6 is 0 Å². The molecule has 8 nitrogen and oxygen atoms in total. The molecule has 43 heavy (non-hydrogen) atoms. The van der Waals surface area contributed by atoms with Gasteiger partial charge in [0.2, 0.25) is 11.7 Å². The summed E-state index contributed by atoms with van der Waals surface area (Å²) in [5.41, 5.74) is 3.77. The normalized spacial score (nSPS) is 14.6. The zero-order chi connectivity index (χ0) is 29.6. The van der Waals surface area contributed by atoms with Gasteiger partial charge in [-0.2, -0.15) is 0 Å². The Labute approximate surface area is 251 Å². The second-order valence-corrected chi connectivity index (χ2v) is 10.6. The number of hydrogen-bond donors (Lipinski definition) is 1. The number of nitrogens with one attached hydrogen (secondary N) is 1. The van der Waals surface area contributed by atoms with E-state index in [1.54, 1.807) is 22.8 Å². The minimum absolute atomic E-state index is 0.0284. The van der Waals surface area contributed by atoms with Crippen LogP contribution in [0.15, 0.2) is 115 Å². The minimum Gasteiger partial charge on any atom is -0.486 e. The first kappa shape index (κ1) is 27.9. The number of carbonyl (C=O) groups excluding carboxylic acids is 2. The van der Waals surface area contributed by atoms with E-state index >= 15 is 0 Å². The fourth-order valence-corrected chi connectivity index (χ4v) is 5.89. The third-order valence-corrected chi connectivity index (χ3v) is 7.72. The molecular weight excluding hydrogens is 538 g/mol. The molecule has 1 aliphatic heterocycles. The molecule has 0 aliphatic carbocycles. The maximum Gasteiger partial charge on any atom is 0.292 e. The molecule has 1 N–H and O–H groups in total. The summed E-state index contributed by atoms with van der Waals surface area (Å²) in [6.07, 6.45) is 1.80. The molecular formula is C35H33N5O3. The lowest BCUT2D eigenvalue weighted by Crippen LogP contribution is -2.40. The van der Waals surface area contributed by atoms with Gasteiger partial charge in [-0.25, -0.2) is 0 Å². The third-order valence-electron chi connectivity index (χ3n) is 7.72. The van der Waals surface area contributed by atoms with Crippen LogP contribution in [-0.2, 0) is 11.4 Å². The SMILES string of the molecule is CC(=O)Nc1cccc(OCc2nnc(C(=O)N3CCC[C@@H]3C(c3ccccc3)c3ccccc3)n2-c2ccccc2)c1. The lowest BCUT2D eigenvalue weighted by molar-refractivity contribution is -0.114. The van der Waals surface area contributed by atoms with Gasteiger partial charge in [0, 0.05) is 42.9 Å². The van der Waals surface area contributed by atoms with Crippen molar-refractivity contribution in [2.45, 2.75) is 38.3 Å². The van der Waals surface area contributed by atoms with Gasteiger partial charge in [-0.05, 0) is 48.2 Å². The number of amides is 2. The quantitative estimate of drug-likeness (QED) is 0.226. The molecule has 6 rings (SSSR count). The van der Waals surface area contributed by atoms with Gasteiger partial charge >= 0.3 is 0 Å². The van der Waals surface area contributed by atoms with Crippen LogP contribution < -0.4 is 10.1 Å². The van der Waals surface area contributed by atoms with Crippen LogP contribution in [0.1, 0.15) is 53.3 Å². The first-order chi connectivity index (χ1) is 21.1. The van der Waals surface area contributed by atoms with Gasteiger partial charge in [0.15, 0.2) is 5.82 Å². The van der Waals surface area contributed by atoms with Gasteiger partial charge in [0.25, 0.3) is 5.91 Å². The van der Waals surface area contributed by atoms with E-state index in [9.17, 15) is 9.59 Å². The van der Waals surface area contributed by atoms with E-state index < -0.39 is 0 Å². The van der Waals surface area contributed by atoms with Crippen molar-refractivity contribution >= 4 is 17.5 Å². The van der Waals surface area contributed by atoms with Gasteiger partial charge in [-0.3, -0.25) is 14.2 Å². The summed E-state index contributed by atoms with van der Waals surface area (Å²) in [5.74, 6) is 1.03. The second-order valence-electron chi connectivity index (χ2n) is 10.6. The average Bonchev–Trinajstić information content (AvgIpc) is 3.69. The molecule has 8 heteroatoms. The molecule has 0 radical (unpaired) electrons. The fraction of sp³-hybridized carbons (Fsp3) is 0.200. The lowest BCUT2D eigenvalue weighted by Gasteiger charge is -2.32. The van der Waals surface area contributed by atoms with E-state index in [2.05, 4.69) is 64.0 Å². The van der Waals surface area contributed by atoms with Crippen LogP contribution in [0.5, 0.6) is 5.75 Å². The Balaban J connectivity index is 1.32. The number of aromatic nitrogens is 3. The standard InChI is InChI=1S/C35H33N5O3/c1-25(41)36-28-17-11-20-30(23-28)43-24-32-37-38-34(40(32)29-18-9-4-10-19-29)35(42)39-22-12-21-31(39)33(26-13-5-2-6-14-26)27-15-7-3-8-16-27/h2-11,13-20,23,31,33H,12,21-22,24H2,1H3,(H,36,41)/t31-/m1/s1. The van der Waals surface area contributed by atoms with Crippen molar-refractivity contribution in [2.24, 2.45) is 0 Å². The van der Waals surface area contributed by atoms with Crippen LogP contribution in [0, 0.1) is 0 Å². The molecule has 0 unspecified atom stereocenters. The predicted octanol–water partition coefficient (Wildman–Crippen LogP) is 6.24. The summed E-state index contributed by atoms with van der Waals surface area (Å²) in [7, 11) is 0. The molecule has 0 bridgehead atoms. The van der Waals surface area contributed by atoms with Crippen LogP contribution in [0.2, 0.25) is 0 Å². The molecule has 4 aromatic carbocycles. The van der Waals surface area contributed by atoms with Gasteiger partial charge in [0.1, 0.15) is 12.4 Å². The van der Waals surface area contributed by atoms with Crippen LogP contribution in [0.4, 0.5) is 5.69 Å². The van der Waals surface area contributed by atoms with Gasteiger partial charge in [-0.1, -0.05) is 84.9 Å². The summed E-state index contributed by atoms with van der Waals surface area (Å²) in [6.45, 7) is 2.18. The number of likely N-dealkylation sites (tertiary alicyclic amines) is 1. The zero-order valence-electron chi connectivity index (χ0n) is 24.0. The number of ether oxygens (including phenoxy) is 1. The summed E-state index contributed by atoms with van der Waals surface area (Å²) in [6, 6.07) is 37.6. The molecule has 1 fully saturated rings. The number of hydrogen-bond acceptors (Lipinski definition) is 5. The second kappa shape index (κ2) is 12.7. The van der Waals surface area contributed by atoms with Crippen LogP contribution in [0.3, 0.4) is 0 Å². The number of nitrogens with zero attached hydrogens (tertiary/aromatic N) is 4. The largest absolute Gasteiger partial charge is 0.486 e. The van der Waals surface area contributed by atoms with Crippen LogP contribution in [-0.4, -0.2) is 44.1 Å². The van der Waals surface area contributed by atoms with E-state index in [0.29, 0.717) is 23.8 Å². The predicted molar refractivity (Wildman–Crippen MR) is 165 cm³/mol. The number of anilines is 1. The summed E-state index contributed by atoms with van der Waals surface area (Å²) >= 11 is 0. The van der Waals surface area contributed by atoms with Crippen molar-refractivity contribution in [3.63, 3.8) is 0 Å². The molecule has 2 amide bonds. The Bertz CT molecular complexity index is 1650. The highest BCUT2D eigenvalue weighted by molar-refractivity contribution is 5.92. The first-order valence-corrected chi connectivity index (χ1v) is 14.5. The minimum atomic E-state index is -0.161. The Kier molecular flexibility index (Phi) is 8.26. The summed E-state index contributed by atoms with van der Waals surface area (Å²) in [4.78, 5) is 27.8. The molecule has 1 aliphatic rings. The maximum absolute atomic E-state index is 14.4. The Morgan fingerprint density at radius 2 is 1.51 bits per heavy atom. The summed E-state index contributed by atoms with van der Waals surface area (Å²) < 4.78 is 7.86. The highest BCUT2D eigenvalue weighted by Gasteiger charge is 2.38. The zero-order valence-corrected chi connectivity index (χ0v) is 24.0. The van der Waals surface area contributed by atoms with Crippen molar-refractivity contribution < 1.29 is 14.3 Å².